The molecule has 162 valence electrons. The summed E-state index contributed by atoms with van der Waals surface area (Å²) in [6.45, 7) is 8.25. The fourth-order valence-electron chi connectivity index (χ4n) is 3.01. The zero-order chi connectivity index (χ0) is 21.2. The summed E-state index contributed by atoms with van der Waals surface area (Å²) in [5, 5.41) is 0. The van der Waals surface area contributed by atoms with Gasteiger partial charge in [-0.1, -0.05) is 27.2 Å². The quantitative estimate of drug-likeness (QED) is 0.405. The normalized spacial score (nSPS) is 18.2. The van der Waals surface area contributed by atoms with E-state index in [1.54, 1.807) is 0 Å². The number of carbonyl (C=O) groups excluding carboxylic acids is 3. The van der Waals surface area contributed by atoms with E-state index in [1.165, 1.54) is 7.11 Å². The number of Topliss-reactive ketones (excluding diaryl/α,β-unsaturated/α-hetero) is 1. The number of carbonyl (C=O) groups is 3. The molecule has 1 aliphatic rings. The summed E-state index contributed by atoms with van der Waals surface area (Å²) in [5.74, 6) is -0.218. The van der Waals surface area contributed by atoms with Gasteiger partial charge in [0.1, 0.15) is 13.2 Å². The second-order valence-corrected chi connectivity index (χ2v) is 8.35. The lowest BCUT2D eigenvalue weighted by Gasteiger charge is -2.41. The van der Waals surface area contributed by atoms with E-state index in [4.69, 9.17) is 15.2 Å². The van der Waals surface area contributed by atoms with Crippen LogP contribution >= 0.6 is 0 Å². The number of ketones is 1. The minimum Gasteiger partial charge on any atom is -0.462 e. The van der Waals surface area contributed by atoms with Crippen LogP contribution in [0, 0.1) is 5.41 Å². The van der Waals surface area contributed by atoms with Crippen molar-refractivity contribution in [3.63, 3.8) is 0 Å². The number of rotatable bonds is 11. The molecule has 1 fully saturated rings. The molecule has 1 saturated heterocycles. The van der Waals surface area contributed by atoms with Crippen LogP contribution in [0.3, 0.4) is 0 Å². The highest BCUT2D eigenvalue weighted by molar-refractivity contribution is 5.85. The van der Waals surface area contributed by atoms with Crippen LogP contribution in [0.25, 0.3) is 0 Å². The van der Waals surface area contributed by atoms with Crippen molar-refractivity contribution in [2.24, 2.45) is 11.1 Å². The van der Waals surface area contributed by atoms with Crippen LogP contribution in [0.2, 0.25) is 0 Å². The molecule has 1 unspecified atom stereocenters. The fourth-order valence-corrected chi connectivity index (χ4v) is 3.01. The van der Waals surface area contributed by atoms with Gasteiger partial charge in [0.05, 0.1) is 12.6 Å². The van der Waals surface area contributed by atoms with Crippen LogP contribution < -0.4 is 5.73 Å². The summed E-state index contributed by atoms with van der Waals surface area (Å²) in [7, 11) is 1.43. The first-order valence-corrected chi connectivity index (χ1v) is 10.1. The van der Waals surface area contributed by atoms with Crippen molar-refractivity contribution in [3.05, 3.63) is 0 Å². The van der Waals surface area contributed by atoms with E-state index < -0.39 is 11.4 Å². The Morgan fingerprint density at radius 1 is 1.11 bits per heavy atom. The Balaban J connectivity index is 2.68. The summed E-state index contributed by atoms with van der Waals surface area (Å²) in [5.41, 5.74) is 5.06. The van der Waals surface area contributed by atoms with Gasteiger partial charge < -0.3 is 20.1 Å². The van der Waals surface area contributed by atoms with Crippen molar-refractivity contribution in [2.45, 2.75) is 52.5 Å². The molecule has 0 aromatic carbocycles. The molecule has 1 atom stereocenters. The van der Waals surface area contributed by atoms with E-state index in [1.807, 2.05) is 30.6 Å². The summed E-state index contributed by atoms with van der Waals surface area (Å²) in [6, 6.07) is -0.200. The van der Waals surface area contributed by atoms with Gasteiger partial charge in [0, 0.05) is 38.6 Å². The average molecular weight is 400 g/mol. The van der Waals surface area contributed by atoms with Gasteiger partial charge in [-0.3, -0.25) is 14.5 Å². The zero-order valence-electron chi connectivity index (χ0n) is 17.9. The van der Waals surface area contributed by atoms with E-state index in [9.17, 15) is 14.4 Å². The number of unbranched alkanes of at least 4 members (excludes halogenated alkanes) is 2. The molecule has 1 amide bonds. The van der Waals surface area contributed by atoms with Crippen molar-refractivity contribution in [1.82, 2.24) is 9.80 Å². The van der Waals surface area contributed by atoms with Crippen molar-refractivity contribution < 1.29 is 23.9 Å². The lowest BCUT2D eigenvalue weighted by molar-refractivity contribution is -0.151. The number of piperazine rings is 1. The Hall–Kier alpha value is -1.51. The van der Waals surface area contributed by atoms with Crippen LogP contribution in [-0.2, 0) is 23.9 Å². The molecule has 0 aromatic heterocycles. The molecular weight excluding hydrogens is 362 g/mol. The number of ether oxygens (including phenoxy) is 2. The largest absolute Gasteiger partial charge is 0.462 e. The lowest BCUT2D eigenvalue weighted by Crippen LogP contribution is -2.58. The smallest absolute Gasteiger partial charge is 0.332 e. The number of nitrogens with zero attached hydrogens (tertiary/aromatic N) is 2. The summed E-state index contributed by atoms with van der Waals surface area (Å²) in [4.78, 5) is 40.5. The Morgan fingerprint density at radius 2 is 1.82 bits per heavy atom. The second-order valence-electron chi connectivity index (χ2n) is 8.35. The number of amides is 1. The zero-order valence-corrected chi connectivity index (χ0v) is 17.9. The standard InChI is InChI=1S/C20H37N3O5/c1-20(2,3)17(24)13-22-10-11-23(18(25)8-6-5-7-9-21)12-16(22)14-28-19(26)15-27-4/h16H,5-15,21H2,1-4H3. The molecule has 2 N–H and O–H groups in total. The minimum atomic E-state index is -0.449. The summed E-state index contributed by atoms with van der Waals surface area (Å²) in [6.07, 6.45) is 3.19. The van der Waals surface area contributed by atoms with Gasteiger partial charge in [-0.25, -0.2) is 4.79 Å². The summed E-state index contributed by atoms with van der Waals surface area (Å²) >= 11 is 0. The van der Waals surface area contributed by atoms with Crippen molar-refractivity contribution in [1.29, 1.82) is 0 Å². The number of esters is 1. The van der Waals surface area contributed by atoms with Gasteiger partial charge in [-0.2, -0.15) is 0 Å². The molecule has 0 bridgehead atoms. The first kappa shape index (κ1) is 24.5. The highest BCUT2D eigenvalue weighted by Crippen LogP contribution is 2.19. The van der Waals surface area contributed by atoms with Gasteiger partial charge in [-0.05, 0) is 19.4 Å². The molecule has 28 heavy (non-hydrogen) atoms. The number of hydrogen-bond acceptors (Lipinski definition) is 7. The van der Waals surface area contributed by atoms with Crippen molar-refractivity contribution >= 4 is 17.7 Å². The van der Waals surface area contributed by atoms with Gasteiger partial charge in [0.2, 0.25) is 5.91 Å². The maximum Gasteiger partial charge on any atom is 0.332 e. The Labute approximate surface area is 168 Å². The molecule has 0 aliphatic carbocycles. The van der Waals surface area contributed by atoms with Crippen LogP contribution in [0.4, 0.5) is 0 Å². The molecule has 0 aromatic rings. The summed E-state index contributed by atoms with van der Waals surface area (Å²) < 4.78 is 10.1. The first-order chi connectivity index (χ1) is 13.2. The Bertz CT molecular complexity index is 518. The van der Waals surface area contributed by atoms with E-state index in [2.05, 4.69) is 0 Å². The van der Waals surface area contributed by atoms with Gasteiger partial charge in [0.15, 0.2) is 5.78 Å². The monoisotopic (exact) mass is 399 g/mol. The molecule has 0 saturated carbocycles. The Morgan fingerprint density at radius 3 is 2.43 bits per heavy atom. The van der Waals surface area contributed by atoms with E-state index in [0.717, 1.165) is 19.3 Å². The third-order valence-electron chi connectivity index (χ3n) is 4.93. The average Bonchev–Trinajstić information content (AvgIpc) is 2.63. The van der Waals surface area contributed by atoms with E-state index >= 15 is 0 Å². The predicted molar refractivity (Wildman–Crippen MR) is 107 cm³/mol. The molecule has 1 heterocycles. The predicted octanol–water partition coefficient (Wildman–Crippen LogP) is 0.823. The second kappa shape index (κ2) is 12.1. The van der Waals surface area contributed by atoms with Crippen LogP contribution in [-0.4, -0.2) is 86.5 Å². The molecular formula is C20H37N3O5. The van der Waals surface area contributed by atoms with Crippen molar-refractivity contribution in [3.8, 4) is 0 Å². The maximum absolute atomic E-state index is 12.5. The SMILES string of the molecule is COCC(=O)OCC1CN(C(=O)CCCCCN)CCN1CC(=O)C(C)(C)C. The van der Waals surface area contributed by atoms with Crippen LogP contribution in [0.5, 0.6) is 0 Å². The molecule has 8 nitrogen and oxygen atoms in total. The molecule has 1 aliphatic heterocycles. The number of methoxy groups -OCH3 is 1. The molecule has 0 spiro atoms. The van der Waals surface area contributed by atoms with E-state index in [-0.39, 0.29) is 37.5 Å². The fraction of sp³-hybridized carbons (Fsp3) is 0.850. The molecule has 8 heteroatoms. The maximum atomic E-state index is 12.5. The van der Waals surface area contributed by atoms with E-state index in [0.29, 0.717) is 32.6 Å². The van der Waals surface area contributed by atoms with Crippen LogP contribution in [0.1, 0.15) is 46.5 Å². The van der Waals surface area contributed by atoms with Gasteiger partial charge in [-0.15, -0.1) is 0 Å². The third-order valence-corrected chi connectivity index (χ3v) is 4.93. The minimum absolute atomic E-state index is 0.104. The first-order valence-electron chi connectivity index (χ1n) is 10.1. The molecule has 0 radical (unpaired) electrons. The third kappa shape index (κ3) is 8.67. The lowest BCUT2D eigenvalue weighted by atomic mass is 9.90. The highest BCUT2D eigenvalue weighted by atomic mass is 16.6. The van der Waals surface area contributed by atoms with Crippen molar-refractivity contribution in [2.75, 3.05) is 53.0 Å². The van der Waals surface area contributed by atoms with Crippen LogP contribution in [0.15, 0.2) is 0 Å². The topological polar surface area (TPSA) is 102 Å². The van der Waals surface area contributed by atoms with Gasteiger partial charge >= 0.3 is 5.97 Å². The number of nitrogens with two attached hydrogens (primary N) is 1. The number of hydrogen-bond donors (Lipinski definition) is 1. The van der Waals surface area contributed by atoms with Gasteiger partial charge in [0.25, 0.3) is 0 Å². The Kier molecular flexibility index (Phi) is 10.6. The highest BCUT2D eigenvalue weighted by Gasteiger charge is 2.33. The molecule has 1 rings (SSSR count).